The van der Waals surface area contributed by atoms with Crippen molar-refractivity contribution in [1.82, 2.24) is 5.32 Å². The van der Waals surface area contributed by atoms with Crippen LogP contribution in [0.25, 0.3) is 0 Å². The number of amides is 1. The van der Waals surface area contributed by atoms with Crippen LogP contribution in [0.3, 0.4) is 0 Å². The lowest BCUT2D eigenvalue weighted by Gasteiger charge is -2.34. The zero-order valence-electron chi connectivity index (χ0n) is 14.2. The SMILES string of the molecule is COC(C(=O)N[C@H](CO)Cc1ccccc1)(c1ccccc1)C(F)(F)F. The molecule has 4 nitrogen and oxygen atoms in total. The second-order valence-electron chi connectivity index (χ2n) is 5.79. The fraction of sp³-hybridized carbons (Fsp3) is 0.316. The van der Waals surface area contributed by atoms with Gasteiger partial charge in [-0.1, -0.05) is 60.7 Å². The number of nitrogens with one attached hydrogen (secondary N) is 1. The van der Waals surface area contributed by atoms with Gasteiger partial charge in [-0.3, -0.25) is 4.79 Å². The molecule has 0 spiro atoms. The van der Waals surface area contributed by atoms with E-state index in [0.717, 1.165) is 12.7 Å². The minimum atomic E-state index is -4.99. The number of ether oxygens (including phenoxy) is 1. The van der Waals surface area contributed by atoms with Gasteiger partial charge in [-0.2, -0.15) is 13.2 Å². The Balaban J connectivity index is 2.31. The molecule has 0 aliphatic heterocycles. The maximum atomic E-state index is 13.8. The minimum Gasteiger partial charge on any atom is -0.394 e. The van der Waals surface area contributed by atoms with Gasteiger partial charge in [0.05, 0.1) is 12.6 Å². The molecule has 0 bridgehead atoms. The van der Waals surface area contributed by atoms with Crippen LogP contribution in [-0.2, 0) is 21.6 Å². The molecule has 7 heteroatoms. The molecule has 0 radical (unpaired) electrons. The first-order valence-corrected chi connectivity index (χ1v) is 7.98. The molecule has 0 aromatic heterocycles. The number of aliphatic hydroxyl groups is 1. The highest BCUT2D eigenvalue weighted by Gasteiger charge is 2.62. The van der Waals surface area contributed by atoms with E-state index in [2.05, 4.69) is 5.32 Å². The van der Waals surface area contributed by atoms with Crippen molar-refractivity contribution in [1.29, 1.82) is 0 Å². The number of benzene rings is 2. The summed E-state index contributed by atoms with van der Waals surface area (Å²) in [5, 5.41) is 11.8. The average molecular weight is 367 g/mol. The van der Waals surface area contributed by atoms with E-state index in [1.807, 2.05) is 0 Å². The van der Waals surface area contributed by atoms with E-state index >= 15 is 0 Å². The van der Waals surface area contributed by atoms with Crippen LogP contribution in [0, 0.1) is 0 Å². The Labute approximate surface area is 149 Å². The quantitative estimate of drug-likeness (QED) is 0.791. The van der Waals surface area contributed by atoms with Gasteiger partial charge in [-0.25, -0.2) is 0 Å². The summed E-state index contributed by atoms with van der Waals surface area (Å²) in [6.45, 7) is -0.507. The molecule has 0 aliphatic rings. The summed E-state index contributed by atoms with van der Waals surface area (Å²) in [5.74, 6) is -1.37. The first-order valence-electron chi connectivity index (χ1n) is 7.98. The first kappa shape index (κ1) is 19.9. The number of alkyl halides is 3. The number of hydrogen-bond donors (Lipinski definition) is 2. The highest BCUT2D eigenvalue weighted by molar-refractivity contribution is 5.88. The third-order valence-corrected chi connectivity index (χ3v) is 4.09. The normalized spacial score (nSPS) is 15.1. The molecule has 0 aliphatic carbocycles. The van der Waals surface area contributed by atoms with Crippen LogP contribution >= 0.6 is 0 Å². The maximum absolute atomic E-state index is 13.8. The van der Waals surface area contributed by atoms with Gasteiger partial charge in [0.25, 0.3) is 11.5 Å². The van der Waals surface area contributed by atoms with Gasteiger partial charge in [0, 0.05) is 12.7 Å². The van der Waals surface area contributed by atoms with Crippen molar-refractivity contribution in [2.75, 3.05) is 13.7 Å². The Bertz CT molecular complexity index is 707. The zero-order chi connectivity index (χ0) is 19.2. The Hall–Kier alpha value is -2.38. The largest absolute Gasteiger partial charge is 0.430 e. The van der Waals surface area contributed by atoms with Gasteiger partial charge in [0.2, 0.25) is 0 Å². The van der Waals surface area contributed by atoms with Crippen LogP contribution in [-0.4, -0.2) is 36.9 Å². The van der Waals surface area contributed by atoms with Crippen molar-refractivity contribution < 1.29 is 27.8 Å². The molecule has 0 heterocycles. The topological polar surface area (TPSA) is 58.6 Å². The minimum absolute atomic E-state index is 0.190. The van der Waals surface area contributed by atoms with E-state index in [1.165, 1.54) is 24.3 Å². The van der Waals surface area contributed by atoms with E-state index in [9.17, 15) is 23.1 Å². The van der Waals surface area contributed by atoms with Gasteiger partial charge >= 0.3 is 6.18 Å². The lowest BCUT2D eigenvalue weighted by molar-refractivity contribution is -0.266. The Morgan fingerprint density at radius 3 is 2.08 bits per heavy atom. The monoisotopic (exact) mass is 367 g/mol. The van der Waals surface area contributed by atoms with E-state index < -0.39 is 30.3 Å². The van der Waals surface area contributed by atoms with Gasteiger partial charge in [0.15, 0.2) is 0 Å². The van der Waals surface area contributed by atoms with Crippen LogP contribution in [0.2, 0.25) is 0 Å². The molecule has 0 fully saturated rings. The summed E-state index contributed by atoms with van der Waals surface area (Å²) in [6.07, 6.45) is -4.80. The number of carbonyl (C=O) groups excluding carboxylic acids is 1. The van der Waals surface area contributed by atoms with Crippen LogP contribution in [0.5, 0.6) is 0 Å². The third-order valence-electron chi connectivity index (χ3n) is 4.09. The van der Waals surface area contributed by atoms with E-state index in [-0.39, 0.29) is 12.0 Å². The predicted molar refractivity (Wildman–Crippen MR) is 90.3 cm³/mol. The van der Waals surface area contributed by atoms with Crippen molar-refractivity contribution in [3.8, 4) is 0 Å². The highest BCUT2D eigenvalue weighted by atomic mass is 19.4. The number of halogens is 3. The second kappa shape index (κ2) is 8.33. The molecule has 2 aromatic carbocycles. The first-order chi connectivity index (χ1) is 12.3. The summed E-state index contributed by atoms with van der Waals surface area (Å²) in [5.41, 5.74) is -2.70. The molecule has 0 saturated heterocycles. The second-order valence-corrected chi connectivity index (χ2v) is 5.79. The fourth-order valence-corrected chi connectivity index (χ4v) is 2.77. The standard InChI is InChI=1S/C19H20F3NO3/c1-26-18(19(20,21)22,15-10-6-3-7-11-15)17(25)23-16(13-24)12-14-8-4-2-5-9-14/h2-11,16,24H,12-13H2,1H3,(H,23,25)/t16-,18?/m0/s1. The Morgan fingerprint density at radius 2 is 1.62 bits per heavy atom. The molecule has 26 heavy (non-hydrogen) atoms. The maximum Gasteiger partial charge on any atom is 0.430 e. The molecule has 1 amide bonds. The van der Waals surface area contributed by atoms with Gasteiger partial charge in [-0.15, -0.1) is 0 Å². The van der Waals surface area contributed by atoms with Crippen LogP contribution in [0.15, 0.2) is 60.7 Å². The summed E-state index contributed by atoms with van der Waals surface area (Å²) >= 11 is 0. The molecule has 140 valence electrons. The molecular weight excluding hydrogens is 347 g/mol. The van der Waals surface area contributed by atoms with E-state index in [1.54, 1.807) is 36.4 Å². The summed E-state index contributed by atoms with van der Waals surface area (Å²) in [6, 6.07) is 14.7. The van der Waals surface area contributed by atoms with Crippen LogP contribution in [0.1, 0.15) is 11.1 Å². The van der Waals surface area contributed by atoms with Crippen molar-refractivity contribution >= 4 is 5.91 Å². The fourth-order valence-electron chi connectivity index (χ4n) is 2.77. The van der Waals surface area contributed by atoms with Crippen molar-refractivity contribution in [3.63, 3.8) is 0 Å². The molecule has 2 aromatic rings. The van der Waals surface area contributed by atoms with Crippen molar-refractivity contribution in [3.05, 3.63) is 71.8 Å². The summed E-state index contributed by atoms with van der Waals surface area (Å²) < 4.78 is 46.3. The number of rotatable bonds is 7. The van der Waals surface area contributed by atoms with Gasteiger partial charge < -0.3 is 15.2 Å². The number of hydrogen-bond acceptors (Lipinski definition) is 3. The van der Waals surface area contributed by atoms with Crippen molar-refractivity contribution in [2.45, 2.75) is 24.2 Å². The molecular formula is C19H20F3NO3. The number of methoxy groups -OCH3 is 1. The van der Waals surface area contributed by atoms with E-state index in [4.69, 9.17) is 4.74 Å². The van der Waals surface area contributed by atoms with Gasteiger partial charge in [0.1, 0.15) is 0 Å². The Morgan fingerprint density at radius 1 is 1.08 bits per heavy atom. The number of aliphatic hydroxyl groups excluding tert-OH is 1. The van der Waals surface area contributed by atoms with E-state index in [0.29, 0.717) is 0 Å². The lowest BCUT2D eigenvalue weighted by atomic mass is 9.91. The number of carbonyl (C=O) groups is 1. The predicted octanol–water partition coefficient (Wildman–Crippen LogP) is 2.81. The summed E-state index contributed by atoms with van der Waals surface area (Å²) in [7, 11) is 0.839. The lowest BCUT2D eigenvalue weighted by Crippen LogP contribution is -2.58. The molecule has 2 N–H and O–H groups in total. The Kier molecular flexibility index (Phi) is 6.39. The summed E-state index contributed by atoms with van der Waals surface area (Å²) in [4.78, 5) is 12.6. The van der Waals surface area contributed by atoms with Crippen molar-refractivity contribution in [2.24, 2.45) is 0 Å². The highest BCUT2D eigenvalue weighted by Crippen LogP contribution is 2.42. The van der Waals surface area contributed by atoms with Crippen LogP contribution in [0.4, 0.5) is 13.2 Å². The smallest absolute Gasteiger partial charge is 0.394 e. The van der Waals surface area contributed by atoms with Crippen LogP contribution < -0.4 is 5.32 Å². The molecule has 1 unspecified atom stereocenters. The van der Waals surface area contributed by atoms with Gasteiger partial charge in [-0.05, 0) is 12.0 Å². The average Bonchev–Trinajstić information content (AvgIpc) is 2.62. The zero-order valence-corrected chi connectivity index (χ0v) is 14.2. The molecule has 0 saturated carbocycles. The molecule has 2 atom stereocenters. The molecule has 2 rings (SSSR count). The third kappa shape index (κ3) is 4.05.